The normalized spacial score (nSPS) is 19.8. The molecule has 0 atom stereocenters. The summed E-state index contributed by atoms with van der Waals surface area (Å²) >= 11 is 0. The molecule has 0 aliphatic heterocycles. The van der Waals surface area contributed by atoms with Gasteiger partial charge in [0.1, 0.15) is 5.82 Å². The molecule has 1 saturated carbocycles. The van der Waals surface area contributed by atoms with Crippen LogP contribution in [0.15, 0.2) is 60.9 Å². The highest BCUT2D eigenvalue weighted by molar-refractivity contribution is 5.81. The van der Waals surface area contributed by atoms with Crippen LogP contribution in [0.2, 0.25) is 0 Å². The molecule has 0 amide bonds. The van der Waals surface area contributed by atoms with E-state index >= 15 is 0 Å². The number of aromatic nitrogens is 3. The van der Waals surface area contributed by atoms with Gasteiger partial charge in [-0.25, -0.2) is 9.50 Å². The number of fused-ring (bicyclic) bond motifs is 4. The molecular formula is C25H26N6. The Morgan fingerprint density at radius 2 is 1.77 bits per heavy atom. The average molecular weight is 411 g/mol. The highest BCUT2D eigenvalue weighted by Gasteiger charge is 2.20. The summed E-state index contributed by atoms with van der Waals surface area (Å²) in [5, 5.41) is 11.9. The van der Waals surface area contributed by atoms with Gasteiger partial charge in [0.2, 0.25) is 0 Å². The highest BCUT2D eigenvalue weighted by Crippen LogP contribution is 2.38. The monoisotopic (exact) mass is 410 g/mol. The molecule has 2 aromatic carbocycles. The van der Waals surface area contributed by atoms with Crippen molar-refractivity contribution in [1.82, 2.24) is 14.6 Å². The Bertz CT molecular complexity index is 1250. The van der Waals surface area contributed by atoms with Crippen LogP contribution >= 0.6 is 0 Å². The Kier molecular flexibility index (Phi) is 4.39. The summed E-state index contributed by atoms with van der Waals surface area (Å²) in [6, 6.07) is 18.1. The van der Waals surface area contributed by atoms with Gasteiger partial charge in [0.25, 0.3) is 0 Å². The highest BCUT2D eigenvalue weighted by atomic mass is 15.3. The number of hydrogen-bond acceptors (Lipinski definition) is 5. The van der Waals surface area contributed by atoms with Crippen molar-refractivity contribution in [2.45, 2.75) is 44.2 Å². The van der Waals surface area contributed by atoms with E-state index in [9.17, 15) is 0 Å². The van der Waals surface area contributed by atoms with Crippen molar-refractivity contribution >= 4 is 22.8 Å². The molecule has 2 aliphatic rings. The quantitative estimate of drug-likeness (QED) is 0.399. The summed E-state index contributed by atoms with van der Waals surface area (Å²) in [5.74, 6) is 0.863. The van der Waals surface area contributed by atoms with Crippen LogP contribution in [0.25, 0.3) is 16.8 Å². The number of hydrogen-bond donors (Lipinski definition) is 3. The second kappa shape index (κ2) is 7.39. The Morgan fingerprint density at radius 1 is 0.935 bits per heavy atom. The topological polar surface area (TPSA) is 80.3 Å². The molecule has 31 heavy (non-hydrogen) atoms. The van der Waals surface area contributed by atoms with Crippen LogP contribution in [0.5, 0.6) is 0 Å². The second-order valence-corrected chi connectivity index (χ2v) is 8.73. The van der Waals surface area contributed by atoms with Crippen molar-refractivity contribution in [3.8, 4) is 11.1 Å². The lowest BCUT2D eigenvalue weighted by Gasteiger charge is -2.27. The minimum atomic E-state index is 0.338. The summed E-state index contributed by atoms with van der Waals surface area (Å²) in [6.07, 6.45) is 8.95. The lowest BCUT2D eigenvalue weighted by Crippen LogP contribution is -2.33. The lowest BCUT2D eigenvalue weighted by atomic mass is 9.92. The smallest absolute Gasteiger partial charge is 0.177 e. The minimum absolute atomic E-state index is 0.338. The molecule has 0 radical (unpaired) electrons. The van der Waals surface area contributed by atoms with E-state index < -0.39 is 0 Å². The summed E-state index contributed by atoms with van der Waals surface area (Å²) in [7, 11) is 0. The van der Waals surface area contributed by atoms with Crippen molar-refractivity contribution in [3.05, 3.63) is 72.1 Å². The summed E-state index contributed by atoms with van der Waals surface area (Å²) in [6.45, 7) is 0. The first kappa shape index (κ1) is 18.4. The predicted molar refractivity (Wildman–Crippen MR) is 125 cm³/mol. The Labute approximate surface area is 181 Å². The van der Waals surface area contributed by atoms with Crippen molar-refractivity contribution < 1.29 is 0 Å². The number of rotatable bonds is 4. The number of nitrogens with one attached hydrogen (secondary N) is 2. The first-order valence-corrected chi connectivity index (χ1v) is 11.1. The fourth-order valence-corrected chi connectivity index (χ4v) is 4.93. The van der Waals surface area contributed by atoms with Gasteiger partial charge in [0.05, 0.1) is 5.69 Å². The van der Waals surface area contributed by atoms with Gasteiger partial charge in [-0.3, -0.25) is 0 Å². The van der Waals surface area contributed by atoms with Gasteiger partial charge in [-0.2, -0.15) is 0 Å². The molecule has 2 aromatic heterocycles. The molecule has 6 nitrogen and oxygen atoms in total. The van der Waals surface area contributed by atoms with Crippen LogP contribution in [0.3, 0.4) is 0 Å². The second-order valence-electron chi connectivity index (χ2n) is 8.73. The third kappa shape index (κ3) is 3.43. The van der Waals surface area contributed by atoms with E-state index in [0.717, 1.165) is 54.9 Å². The molecule has 4 aromatic rings. The summed E-state index contributed by atoms with van der Waals surface area (Å²) in [4.78, 5) is 4.51. The molecule has 4 N–H and O–H groups in total. The molecule has 6 heteroatoms. The van der Waals surface area contributed by atoms with Crippen LogP contribution < -0.4 is 16.4 Å². The first-order valence-electron chi connectivity index (χ1n) is 11.1. The maximum Gasteiger partial charge on any atom is 0.177 e. The van der Waals surface area contributed by atoms with E-state index in [4.69, 9.17) is 10.8 Å². The predicted octanol–water partition coefficient (Wildman–Crippen LogP) is 4.73. The van der Waals surface area contributed by atoms with Gasteiger partial charge in [-0.15, -0.1) is 5.10 Å². The van der Waals surface area contributed by atoms with E-state index in [-0.39, 0.29) is 0 Å². The molecule has 2 heterocycles. The molecule has 0 unspecified atom stereocenters. The third-order valence-corrected chi connectivity index (χ3v) is 6.56. The van der Waals surface area contributed by atoms with Gasteiger partial charge >= 0.3 is 0 Å². The van der Waals surface area contributed by atoms with Crippen LogP contribution in [-0.4, -0.2) is 26.7 Å². The molecular weight excluding hydrogens is 384 g/mol. The van der Waals surface area contributed by atoms with Crippen LogP contribution in [0.1, 0.15) is 36.8 Å². The molecule has 0 saturated heterocycles. The standard InChI is InChI=1S/C25H26N6/c26-18-5-7-19(8-6-18)29-24-15-23(25-27-11-12-31(25)30-24)28-20-9-10-22-17(14-20)13-16-3-1-2-4-21(16)22/h1-4,9-12,14-15,18-19,28H,5-8,13,26H2,(H,29,30). The van der Waals surface area contributed by atoms with Gasteiger partial charge in [0, 0.05) is 36.2 Å². The van der Waals surface area contributed by atoms with Crippen LogP contribution in [0, 0.1) is 0 Å². The number of nitrogens with zero attached hydrogens (tertiary/aromatic N) is 3. The van der Waals surface area contributed by atoms with E-state index in [1.807, 2.05) is 10.7 Å². The number of anilines is 3. The molecule has 2 aliphatic carbocycles. The largest absolute Gasteiger partial charge is 0.366 e. The zero-order valence-corrected chi connectivity index (χ0v) is 17.4. The Morgan fingerprint density at radius 3 is 2.68 bits per heavy atom. The van der Waals surface area contributed by atoms with Crippen molar-refractivity contribution in [2.24, 2.45) is 5.73 Å². The molecule has 0 bridgehead atoms. The number of imidazole rings is 1. The average Bonchev–Trinajstić information content (AvgIpc) is 3.39. The van der Waals surface area contributed by atoms with Gasteiger partial charge in [0.15, 0.2) is 5.65 Å². The van der Waals surface area contributed by atoms with E-state index in [2.05, 4.69) is 64.1 Å². The Hall–Kier alpha value is -3.38. The van der Waals surface area contributed by atoms with Gasteiger partial charge in [-0.1, -0.05) is 30.3 Å². The fraction of sp³-hybridized carbons (Fsp3) is 0.280. The van der Waals surface area contributed by atoms with Gasteiger partial charge in [-0.05, 0) is 66.5 Å². The summed E-state index contributed by atoms with van der Waals surface area (Å²) < 4.78 is 1.84. The molecule has 156 valence electrons. The van der Waals surface area contributed by atoms with E-state index in [0.29, 0.717) is 12.1 Å². The van der Waals surface area contributed by atoms with E-state index in [1.165, 1.54) is 22.3 Å². The first-order chi connectivity index (χ1) is 15.2. The molecule has 0 spiro atoms. The van der Waals surface area contributed by atoms with Crippen LogP contribution in [-0.2, 0) is 6.42 Å². The van der Waals surface area contributed by atoms with E-state index in [1.54, 1.807) is 6.20 Å². The van der Waals surface area contributed by atoms with Crippen molar-refractivity contribution in [1.29, 1.82) is 0 Å². The maximum atomic E-state index is 6.06. The fourth-order valence-electron chi connectivity index (χ4n) is 4.93. The third-order valence-electron chi connectivity index (χ3n) is 6.56. The zero-order chi connectivity index (χ0) is 20.8. The molecule has 6 rings (SSSR count). The van der Waals surface area contributed by atoms with Crippen molar-refractivity contribution in [2.75, 3.05) is 10.6 Å². The number of benzene rings is 2. The maximum absolute atomic E-state index is 6.06. The SMILES string of the molecule is NC1CCC(Nc2cc(Nc3ccc4c(c3)Cc3ccccc3-4)c3nccn3n2)CC1. The zero-order valence-electron chi connectivity index (χ0n) is 17.4. The Balaban J connectivity index is 1.29. The van der Waals surface area contributed by atoms with Crippen molar-refractivity contribution in [3.63, 3.8) is 0 Å². The molecule has 1 fully saturated rings. The summed E-state index contributed by atoms with van der Waals surface area (Å²) in [5.41, 5.74) is 14.3. The van der Waals surface area contributed by atoms with Crippen LogP contribution in [0.4, 0.5) is 17.2 Å². The lowest BCUT2D eigenvalue weighted by molar-refractivity contribution is 0.410. The number of nitrogens with two attached hydrogens (primary N) is 1. The van der Waals surface area contributed by atoms with Gasteiger partial charge < -0.3 is 16.4 Å². The minimum Gasteiger partial charge on any atom is -0.366 e.